The Labute approximate surface area is 139 Å². The minimum Gasteiger partial charge on any atom is -0.444 e. The van der Waals surface area contributed by atoms with Gasteiger partial charge in [0.2, 0.25) is 0 Å². The average Bonchev–Trinajstić information content (AvgIpc) is 2.45. The Morgan fingerprint density at radius 1 is 1.12 bits per heavy atom. The third-order valence-corrected chi connectivity index (χ3v) is 2.58. The van der Waals surface area contributed by atoms with E-state index in [0.29, 0.717) is 31.0 Å². The van der Waals surface area contributed by atoms with Gasteiger partial charge in [0.15, 0.2) is 0 Å². The van der Waals surface area contributed by atoms with Crippen LogP contribution in [0.4, 0.5) is 16.2 Å². The van der Waals surface area contributed by atoms with Crippen LogP contribution in [-0.2, 0) is 11.3 Å². The van der Waals surface area contributed by atoms with Crippen LogP contribution in [0.2, 0.25) is 0 Å². The van der Waals surface area contributed by atoms with Crippen LogP contribution in [-0.4, -0.2) is 24.8 Å². The molecule has 1 amide bonds. The first-order valence-corrected chi connectivity index (χ1v) is 7.26. The lowest BCUT2D eigenvalue weighted by Gasteiger charge is -2.19. The number of carbonyl (C=O) groups is 1. The van der Waals surface area contributed by atoms with E-state index >= 15 is 0 Å². The summed E-state index contributed by atoms with van der Waals surface area (Å²) < 4.78 is 5.12. The third-order valence-electron chi connectivity index (χ3n) is 2.58. The molecule has 128 valence electrons. The molecule has 0 aromatic heterocycles. The summed E-state index contributed by atoms with van der Waals surface area (Å²) in [5.74, 6) is 0. The first-order chi connectivity index (χ1) is 11.3. The summed E-state index contributed by atoms with van der Waals surface area (Å²) in [6, 6.07) is 4.86. The van der Waals surface area contributed by atoms with Gasteiger partial charge in [-0.25, -0.2) is 4.79 Å². The average molecular weight is 332 g/mol. The quantitative estimate of drug-likeness (QED) is 0.334. The highest BCUT2D eigenvalue weighted by Crippen LogP contribution is 2.24. The summed E-state index contributed by atoms with van der Waals surface area (Å²) in [6.07, 6.45) is -0.472. The molecule has 10 heteroatoms. The summed E-state index contributed by atoms with van der Waals surface area (Å²) in [5.41, 5.74) is 18.0. The van der Waals surface area contributed by atoms with Crippen molar-refractivity contribution in [1.82, 2.24) is 10.6 Å². The molecule has 0 radical (unpaired) electrons. The van der Waals surface area contributed by atoms with Crippen molar-refractivity contribution in [1.29, 1.82) is 0 Å². The largest absolute Gasteiger partial charge is 0.444 e. The zero-order valence-electron chi connectivity index (χ0n) is 13.9. The van der Waals surface area contributed by atoms with Gasteiger partial charge >= 0.3 is 6.09 Å². The monoisotopic (exact) mass is 332 g/mol. The van der Waals surface area contributed by atoms with E-state index in [2.05, 4.69) is 30.7 Å². The van der Waals surface area contributed by atoms with E-state index in [1.807, 2.05) is 0 Å². The predicted molar refractivity (Wildman–Crippen MR) is 90.0 cm³/mol. The lowest BCUT2D eigenvalue weighted by molar-refractivity contribution is 0.0528. The highest BCUT2D eigenvalue weighted by molar-refractivity contribution is 5.67. The normalized spacial score (nSPS) is 10.3. The smallest absolute Gasteiger partial charge is 0.407 e. The Morgan fingerprint density at radius 3 is 2.21 bits per heavy atom. The number of carbonyl (C=O) groups excluding carboxylic acids is 1. The van der Waals surface area contributed by atoms with E-state index in [1.165, 1.54) is 6.07 Å². The van der Waals surface area contributed by atoms with Crippen LogP contribution >= 0.6 is 0 Å². The Bertz CT molecular complexity index is 634. The Hall–Kier alpha value is -2.93. The molecule has 24 heavy (non-hydrogen) atoms. The molecule has 0 bridgehead atoms. The summed E-state index contributed by atoms with van der Waals surface area (Å²) >= 11 is 0. The number of benzene rings is 1. The predicted octanol–water partition coefficient (Wildman–Crippen LogP) is 4.18. The third kappa shape index (κ3) is 7.90. The van der Waals surface area contributed by atoms with E-state index in [4.69, 9.17) is 15.8 Å². The standard InChI is InChI=1S/C14H20N8O2/c1-14(2,3)24-13(23)18-5-4-17-9-10-6-11(19-21-15)8-12(7-10)20-22-16/h6-8,17H,4-5,9H2,1-3H3,(H,18,23). The maximum absolute atomic E-state index is 11.5. The second-order valence-electron chi connectivity index (χ2n) is 5.84. The Balaban J connectivity index is 2.48. The molecular formula is C14H20N8O2. The summed E-state index contributed by atoms with van der Waals surface area (Å²) in [7, 11) is 0. The Kier molecular flexibility index (Phi) is 7.38. The molecule has 0 aliphatic rings. The van der Waals surface area contributed by atoms with Crippen LogP contribution in [0.1, 0.15) is 26.3 Å². The number of azide groups is 2. The topological polar surface area (TPSA) is 148 Å². The van der Waals surface area contributed by atoms with Gasteiger partial charge in [0.25, 0.3) is 0 Å². The molecule has 0 fully saturated rings. The van der Waals surface area contributed by atoms with E-state index in [1.54, 1.807) is 32.9 Å². The number of hydrogen-bond donors (Lipinski definition) is 2. The molecule has 1 rings (SSSR count). The fourth-order valence-corrected chi connectivity index (χ4v) is 1.78. The summed E-state index contributed by atoms with van der Waals surface area (Å²) in [5, 5.41) is 12.8. The van der Waals surface area contributed by atoms with Crippen LogP contribution in [0, 0.1) is 0 Å². The number of rotatable bonds is 7. The van der Waals surface area contributed by atoms with Crippen molar-refractivity contribution in [3.05, 3.63) is 44.6 Å². The Morgan fingerprint density at radius 2 is 1.71 bits per heavy atom. The first-order valence-electron chi connectivity index (χ1n) is 7.26. The number of amides is 1. The molecule has 1 aromatic rings. The molecule has 0 saturated heterocycles. The van der Waals surface area contributed by atoms with Crippen molar-refractivity contribution in [2.75, 3.05) is 13.1 Å². The van der Waals surface area contributed by atoms with Gasteiger partial charge in [0, 0.05) is 40.8 Å². The number of nitrogens with one attached hydrogen (secondary N) is 2. The second-order valence-corrected chi connectivity index (χ2v) is 5.84. The van der Waals surface area contributed by atoms with Gasteiger partial charge in [-0.05, 0) is 55.6 Å². The zero-order valence-corrected chi connectivity index (χ0v) is 13.9. The first kappa shape index (κ1) is 19.1. The molecule has 0 unspecified atom stereocenters. The van der Waals surface area contributed by atoms with Gasteiger partial charge in [0.05, 0.1) is 0 Å². The molecule has 1 aromatic carbocycles. The maximum Gasteiger partial charge on any atom is 0.407 e. The van der Waals surface area contributed by atoms with Crippen molar-refractivity contribution in [2.45, 2.75) is 32.9 Å². The van der Waals surface area contributed by atoms with Gasteiger partial charge in [-0.15, -0.1) is 0 Å². The van der Waals surface area contributed by atoms with Gasteiger partial charge in [-0.3, -0.25) is 0 Å². The van der Waals surface area contributed by atoms with Gasteiger partial charge in [0.1, 0.15) is 5.60 Å². The number of hydrogen-bond acceptors (Lipinski definition) is 5. The number of alkyl carbamates (subject to hydrolysis) is 1. The van der Waals surface area contributed by atoms with Crippen LogP contribution in [0.25, 0.3) is 20.9 Å². The molecule has 0 heterocycles. The van der Waals surface area contributed by atoms with Crippen molar-refractivity contribution in [3.8, 4) is 0 Å². The SMILES string of the molecule is CC(C)(C)OC(=O)NCCNCc1cc(N=[N+]=[N-])cc(N=[N+]=[N-])c1. The van der Waals surface area contributed by atoms with Gasteiger partial charge in [-0.2, -0.15) is 0 Å². The molecule has 0 spiro atoms. The minimum atomic E-state index is -0.531. The van der Waals surface area contributed by atoms with E-state index in [9.17, 15) is 4.79 Å². The lowest BCUT2D eigenvalue weighted by Crippen LogP contribution is -2.36. The van der Waals surface area contributed by atoms with Crippen molar-refractivity contribution in [2.24, 2.45) is 10.2 Å². The highest BCUT2D eigenvalue weighted by atomic mass is 16.6. The van der Waals surface area contributed by atoms with Gasteiger partial charge < -0.3 is 15.4 Å². The fourth-order valence-electron chi connectivity index (χ4n) is 1.78. The second kappa shape index (κ2) is 9.26. The zero-order chi connectivity index (χ0) is 18.0. The van der Waals surface area contributed by atoms with Crippen LogP contribution in [0.5, 0.6) is 0 Å². The lowest BCUT2D eigenvalue weighted by atomic mass is 10.2. The summed E-state index contributed by atoms with van der Waals surface area (Å²) in [6.45, 7) is 6.75. The minimum absolute atomic E-state index is 0.367. The number of ether oxygens (including phenoxy) is 1. The van der Waals surface area contributed by atoms with Crippen LogP contribution < -0.4 is 10.6 Å². The van der Waals surface area contributed by atoms with E-state index < -0.39 is 11.7 Å². The fraction of sp³-hybridized carbons (Fsp3) is 0.500. The van der Waals surface area contributed by atoms with Crippen LogP contribution in [0.3, 0.4) is 0 Å². The number of nitrogens with zero attached hydrogens (tertiary/aromatic N) is 6. The van der Waals surface area contributed by atoms with Gasteiger partial charge in [-0.1, -0.05) is 10.2 Å². The van der Waals surface area contributed by atoms with Crippen LogP contribution in [0.15, 0.2) is 28.4 Å². The molecule has 0 aliphatic heterocycles. The molecule has 0 atom stereocenters. The highest BCUT2D eigenvalue weighted by Gasteiger charge is 2.15. The molecule has 2 N–H and O–H groups in total. The molecule has 0 aliphatic carbocycles. The maximum atomic E-state index is 11.5. The molecule has 10 nitrogen and oxygen atoms in total. The van der Waals surface area contributed by atoms with Crippen molar-refractivity contribution >= 4 is 17.5 Å². The van der Waals surface area contributed by atoms with E-state index in [0.717, 1.165) is 5.56 Å². The van der Waals surface area contributed by atoms with Crippen molar-refractivity contribution < 1.29 is 9.53 Å². The van der Waals surface area contributed by atoms with E-state index in [-0.39, 0.29) is 0 Å². The van der Waals surface area contributed by atoms with Crippen molar-refractivity contribution in [3.63, 3.8) is 0 Å². The molecular weight excluding hydrogens is 312 g/mol. The molecule has 0 saturated carbocycles. The summed E-state index contributed by atoms with van der Waals surface area (Å²) in [4.78, 5) is 16.9.